The van der Waals surface area contributed by atoms with Crippen LogP contribution in [-0.4, -0.2) is 4.92 Å². The van der Waals surface area contributed by atoms with Crippen molar-refractivity contribution in [1.29, 1.82) is 0 Å². The Morgan fingerprint density at radius 1 is 1.05 bits per heavy atom. The second kappa shape index (κ2) is 7.28. The van der Waals surface area contributed by atoms with Crippen LogP contribution in [0.2, 0.25) is 0 Å². The molecule has 2 N–H and O–H groups in total. The number of benzene rings is 2. The van der Waals surface area contributed by atoms with Gasteiger partial charge in [0.05, 0.1) is 16.7 Å². The van der Waals surface area contributed by atoms with Gasteiger partial charge in [-0.1, -0.05) is 19.9 Å². The van der Waals surface area contributed by atoms with Gasteiger partial charge in [0, 0.05) is 6.07 Å². The molecule has 0 saturated carbocycles. The summed E-state index contributed by atoms with van der Waals surface area (Å²) in [5.74, 6) is 0.906. The van der Waals surface area contributed by atoms with Crippen LogP contribution in [0.5, 0.6) is 11.5 Å². The molecule has 0 atom stereocenters. The van der Waals surface area contributed by atoms with Crippen molar-refractivity contribution in [3.63, 3.8) is 0 Å². The minimum Gasteiger partial charge on any atom is -0.455 e. The lowest BCUT2D eigenvalue weighted by Gasteiger charge is -2.09. The Balaban J connectivity index is 0.00000106. The Bertz CT molecular complexity index is 619. The maximum absolute atomic E-state index is 10.7. The second-order valence-electron chi connectivity index (χ2n) is 4.40. The summed E-state index contributed by atoms with van der Waals surface area (Å²) < 4.78 is 5.63. The van der Waals surface area contributed by atoms with Gasteiger partial charge in [-0.2, -0.15) is 0 Å². The minimum atomic E-state index is -0.478. The molecule has 0 bridgehead atoms. The van der Waals surface area contributed by atoms with E-state index in [1.54, 1.807) is 0 Å². The smallest absolute Gasteiger partial charge is 0.273 e. The fourth-order valence-corrected chi connectivity index (χ4v) is 1.84. The van der Waals surface area contributed by atoms with Gasteiger partial charge < -0.3 is 10.5 Å². The average molecular weight is 288 g/mol. The maximum atomic E-state index is 10.7. The molecule has 0 aliphatic heterocycles. The van der Waals surface area contributed by atoms with Crippen molar-refractivity contribution < 1.29 is 9.66 Å². The first-order valence-electron chi connectivity index (χ1n) is 6.76. The van der Waals surface area contributed by atoms with Crippen molar-refractivity contribution in [3.05, 3.63) is 57.6 Å². The molecule has 2 aromatic carbocycles. The standard InChI is InChI=1S/C14H14N2O3.C2H6/c1-9-5-10(2)7-12(6-9)19-14-8-11(16(17)18)3-4-13(14)15;1-2/h3-8H,15H2,1-2H3;1-2H3. The number of hydrogen-bond acceptors (Lipinski definition) is 4. The summed E-state index contributed by atoms with van der Waals surface area (Å²) >= 11 is 0. The molecule has 0 aromatic heterocycles. The molecule has 0 saturated heterocycles. The number of nitro benzene ring substituents is 1. The SMILES string of the molecule is CC.Cc1cc(C)cc(Oc2cc([N+](=O)[O-])ccc2N)c1. The Morgan fingerprint density at radius 2 is 1.62 bits per heavy atom. The molecule has 0 aliphatic rings. The molecule has 0 spiro atoms. The van der Waals surface area contributed by atoms with E-state index in [1.165, 1.54) is 18.2 Å². The molecule has 0 heterocycles. The third-order valence-electron chi connectivity index (χ3n) is 2.63. The number of nitro groups is 1. The third kappa shape index (κ3) is 4.49. The van der Waals surface area contributed by atoms with Crippen LogP contribution in [0.15, 0.2) is 36.4 Å². The number of nitrogens with two attached hydrogens (primary N) is 1. The third-order valence-corrected chi connectivity index (χ3v) is 2.63. The van der Waals surface area contributed by atoms with Crippen LogP contribution >= 0.6 is 0 Å². The highest BCUT2D eigenvalue weighted by atomic mass is 16.6. The fourth-order valence-electron chi connectivity index (χ4n) is 1.84. The van der Waals surface area contributed by atoms with Crippen molar-refractivity contribution in [2.45, 2.75) is 27.7 Å². The molecule has 0 unspecified atom stereocenters. The van der Waals surface area contributed by atoms with Crippen LogP contribution < -0.4 is 10.5 Å². The van der Waals surface area contributed by atoms with Gasteiger partial charge in [0.15, 0.2) is 5.75 Å². The van der Waals surface area contributed by atoms with Crippen LogP contribution in [0.4, 0.5) is 11.4 Å². The van der Waals surface area contributed by atoms with Crippen molar-refractivity contribution >= 4 is 11.4 Å². The first-order chi connectivity index (χ1) is 9.95. The van der Waals surface area contributed by atoms with E-state index in [9.17, 15) is 10.1 Å². The molecular weight excluding hydrogens is 268 g/mol. The molecule has 2 aromatic rings. The van der Waals surface area contributed by atoms with E-state index in [2.05, 4.69) is 0 Å². The number of non-ortho nitro benzene ring substituents is 1. The summed E-state index contributed by atoms with van der Waals surface area (Å²) in [6, 6.07) is 9.87. The topological polar surface area (TPSA) is 78.4 Å². The van der Waals surface area contributed by atoms with Gasteiger partial charge in [0.1, 0.15) is 5.75 Å². The lowest BCUT2D eigenvalue weighted by molar-refractivity contribution is -0.384. The predicted octanol–water partition coefficient (Wildman–Crippen LogP) is 4.61. The molecule has 0 radical (unpaired) electrons. The van der Waals surface area contributed by atoms with Crippen LogP contribution in [0.25, 0.3) is 0 Å². The van der Waals surface area contributed by atoms with Crippen molar-refractivity contribution in [2.24, 2.45) is 0 Å². The first kappa shape index (κ1) is 16.5. The van der Waals surface area contributed by atoms with Gasteiger partial charge in [-0.05, 0) is 43.2 Å². The number of nitrogens with zero attached hydrogens (tertiary/aromatic N) is 1. The molecule has 5 nitrogen and oxygen atoms in total. The van der Waals surface area contributed by atoms with Crippen molar-refractivity contribution in [2.75, 3.05) is 5.73 Å². The van der Waals surface area contributed by atoms with E-state index in [1.807, 2.05) is 45.9 Å². The van der Waals surface area contributed by atoms with Gasteiger partial charge in [-0.25, -0.2) is 0 Å². The highest BCUT2D eigenvalue weighted by molar-refractivity contribution is 5.58. The lowest BCUT2D eigenvalue weighted by Crippen LogP contribution is -1.95. The van der Waals surface area contributed by atoms with Crippen LogP contribution in [-0.2, 0) is 0 Å². The molecular formula is C16H20N2O3. The average Bonchev–Trinajstić information content (AvgIpc) is 2.42. The summed E-state index contributed by atoms with van der Waals surface area (Å²) in [7, 11) is 0. The summed E-state index contributed by atoms with van der Waals surface area (Å²) in [6.45, 7) is 7.91. The summed E-state index contributed by atoms with van der Waals surface area (Å²) in [6.07, 6.45) is 0. The molecule has 21 heavy (non-hydrogen) atoms. The number of hydrogen-bond donors (Lipinski definition) is 1. The van der Waals surface area contributed by atoms with Crippen molar-refractivity contribution in [1.82, 2.24) is 0 Å². The number of nitrogen functional groups attached to an aromatic ring is 1. The Kier molecular flexibility index (Phi) is 5.72. The highest BCUT2D eigenvalue weighted by Crippen LogP contribution is 2.31. The monoisotopic (exact) mass is 288 g/mol. The summed E-state index contributed by atoms with van der Waals surface area (Å²) in [5.41, 5.74) is 8.19. The highest BCUT2D eigenvalue weighted by Gasteiger charge is 2.11. The fraction of sp³-hybridized carbons (Fsp3) is 0.250. The van der Waals surface area contributed by atoms with E-state index < -0.39 is 4.92 Å². The zero-order chi connectivity index (χ0) is 16.0. The maximum Gasteiger partial charge on any atom is 0.273 e. The number of ether oxygens (including phenoxy) is 1. The van der Waals surface area contributed by atoms with E-state index in [0.717, 1.165) is 11.1 Å². The zero-order valence-electron chi connectivity index (χ0n) is 12.7. The predicted molar refractivity (Wildman–Crippen MR) is 84.8 cm³/mol. The number of anilines is 1. The minimum absolute atomic E-state index is 0.0476. The molecule has 2 rings (SSSR count). The van der Waals surface area contributed by atoms with Crippen LogP contribution in [0.1, 0.15) is 25.0 Å². The van der Waals surface area contributed by atoms with Crippen LogP contribution in [0, 0.1) is 24.0 Å². The van der Waals surface area contributed by atoms with Gasteiger partial charge in [-0.3, -0.25) is 10.1 Å². The molecule has 0 aliphatic carbocycles. The summed E-state index contributed by atoms with van der Waals surface area (Å²) in [4.78, 5) is 10.3. The van der Waals surface area contributed by atoms with Gasteiger partial charge in [0.25, 0.3) is 5.69 Å². The Labute approximate surface area is 124 Å². The van der Waals surface area contributed by atoms with Gasteiger partial charge >= 0.3 is 0 Å². The van der Waals surface area contributed by atoms with E-state index in [4.69, 9.17) is 10.5 Å². The van der Waals surface area contributed by atoms with Crippen LogP contribution in [0.3, 0.4) is 0 Å². The number of aryl methyl sites for hydroxylation is 2. The normalized spacial score (nSPS) is 9.52. The first-order valence-corrected chi connectivity index (χ1v) is 6.76. The summed E-state index contributed by atoms with van der Waals surface area (Å²) in [5, 5.41) is 10.7. The zero-order valence-corrected chi connectivity index (χ0v) is 12.7. The Morgan fingerprint density at radius 3 is 2.14 bits per heavy atom. The second-order valence-corrected chi connectivity index (χ2v) is 4.40. The van der Waals surface area contributed by atoms with E-state index >= 15 is 0 Å². The van der Waals surface area contributed by atoms with Gasteiger partial charge in [-0.15, -0.1) is 0 Å². The molecule has 112 valence electrons. The molecule has 0 fully saturated rings. The van der Waals surface area contributed by atoms with Gasteiger partial charge in [0.2, 0.25) is 0 Å². The van der Waals surface area contributed by atoms with E-state index in [-0.39, 0.29) is 5.69 Å². The quantitative estimate of drug-likeness (QED) is 0.508. The lowest BCUT2D eigenvalue weighted by atomic mass is 10.1. The molecule has 0 amide bonds. The number of rotatable bonds is 3. The molecule has 5 heteroatoms. The van der Waals surface area contributed by atoms with E-state index in [0.29, 0.717) is 17.2 Å². The largest absolute Gasteiger partial charge is 0.455 e. The Hall–Kier alpha value is -2.56. The van der Waals surface area contributed by atoms with Crippen molar-refractivity contribution in [3.8, 4) is 11.5 Å².